The summed E-state index contributed by atoms with van der Waals surface area (Å²) in [6, 6.07) is 6.93. The summed E-state index contributed by atoms with van der Waals surface area (Å²) in [6.45, 7) is 4.79. The van der Waals surface area contributed by atoms with E-state index in [2.05, 4.69) is 25.8 Å². The van der Waals surface area contributed by atoms with Gasteiger partial charge in [0.15, 0.2) is 0 Å². The van der Waals surface area contributed by atoms with Crippen LogP contribution < -0.4 is 5.32 Å². The Morgan fingerprint density at radius 2 is 2.29 bits per heavy atom. The quantitative estimate of drug-likeness (QED) is 0.899. The van der Waals surface area contributed by atoms with Gasteiger partial charge in [-0.05, 0) is 25.0 Å². The molecular formula is C16H22N4O. The van der Waals surface area contributed by atoms with Crippen molar-refractivity contribution >= 4 is 5.65 Å². The molecule has 4 rings (SSSR count). The second-order valence-corrected chi connectivity index (χ2v) is 6.03. The SMILES string of the molecule is c1ccn2c(CNC[C@@H]3CN(C4CC4)CCO3)cnc2c1. The molecule has 112 valence electrons. The molecule has 0 aromatic carbocycles. The van der Waals surface area contributed by atoms with Crippen molar-refractivity contribution in [2.24, 2.45) is 0 Å². The van der Waals surface area contributed by atoms with Gasteiger partial charge >= 0.3 is 0 Å². The van der Waals surface area contributed by atoms with E-state index in [1.54, 1.807) is 0 Å². The summed E-state index contributed by atoms with van der Waals surface area (Å²) in [7, 11) is 0. The molecule has 1 saturated carbocycles. The summed E-state index contributed by atoms with van der Waals surface area (Å²) in [5, 5.41) is 3.52. The van der Waals surface area contributed by atoms with Gasteiger partial charge in [0.1, 0.15) is 5.65 Å². The minimum atomic E-state index is 0.318. The van der Waals surface area contributed by atoms with Crippen molar-refractivity contribution in [2.45, 2.75) is 31.5 Å². The Morgan fingerprint density at radius 1 is 1.33 bits per heavy atom. The van der Waals surface area contributed by atoms with E-state index in [0.717, 1.165) is 44.5 Å². The normalized spacial score (nSPS) is 23.7. The van der Waals surface area contributed by atoms with Gasteiger partial charge in [-0.3, -0.25) is 4.90 Å². The van der Waals surface area contributed by atoms with E-state index >= 15 is 0 Å². The highest BCUT2D eigenvalue weighted by Crippen LogP contribution is 2.28. The predicted molar refractivity (Wildman–Crippen MR) is 81.2 cm³/mol. The number of aromatic nitrogens is 2. The Hall–Kier alpha value is -1.43. The van der Waals surface area contributed by atoms with Crippen LogP contribution in [0.1, 0.15) is 18.5 Å². The van der Waals surface area contributed by atoms with Crippen LogP contribution in [0.4, 0.5) is 0 Å². The lowest BCUT2D eigenvalue weighted by atomic mass is 10.2. The van der Waals surface area contributed by atoms with E-state index in [1.165, 1.54) is 18.5 Å². The summed E-state index contributed by atoms with van der Waals surface area (Å²) >= 11 is 0. The number of pyridine rings is 1. The number of ether oxygens (including phenoxy) is 1. The van der Waals surface area contributed by atoms with Gasteiger partial charge in [-0.25, -0.2) is 4.98 Å². The number of rotatable bonds is 5. The number of morpholine rings is 1. The molecule has 1 N–H and O–H groups in total. The fourth-order valence-corrected chi connectivity index (χ4v) is 3.11. The van der Waals surface area contributed by atoms with E-state index in [-0.39, 0.29) is 0 Å². The Bertz CT molecular complexity index is 607. The molecule has 1 aliphatic heterocycles. The third-order valence-corrected chi connectivity index (χ3v) is 4.41. The molecule has 1 atom stereocenters. The third kappa shape index (κ3) is 2.95. The minimum absolute atomic E-state index is 0.318. The van der Waals surface area contributed by atoms with Crippen molar-refractivity contribution < 1.29 is 4.74 Å². The van der Waals surface area contributed by atoms with Gasteiger partial charge in [0.2, 0.25) is 0 Å². The maximum Gasteiger partial charge on any atom is 0.136 e. The van der Waals surface area contributed by atoms with Crippen LogP contribution in [0.3, 0.4) is 0 Å². The summed E-state index contributed by atoms with van der Waals surface area (Å²) in [4.78, 5) is 7.00. The predicted octanol–water partition coefficient (Wildman–Crippen LogP) is 1.29. The second kappa shape index (κ2) is 5.75. The molecule has 2 fully saturated rings. The first kappa shape index (κ1) is 13.2. The van der Waals surface area contributed by atoms with Gasteiger partial charge in [-0.2, -0.15) is 0 Å². The van der Waals surface area contributed by atoms with Gasteiger partial charge in [-0.15, -0.1) is 0 Å². The first-order chi connectivity index (χ1) is 10.4. The Labute approximate surface area is 124 Å². The number of hydrogen-bond acceptors (Lipinski definition) is 4. The summed E-state index contributed by atoms with van der Waals surface area (Å²) in [6.07, 6.45) is 7.08. The van der Waals surface area contributed by atoms with Crippen LogP contribution >= 0.6 is 0 Å². The van der Waals surface area contributed by atoms with Gasteiger partial charge < -0.3 is 14.5 Å². The lowest BCUT2D eigenvalue weighted by Gasteiger charge is -2.33. The molecule has 5 nitrogen and oxygen atoms in total. The zero-order valence-corrected chi connectivity index (χ0v) is 12.2. The van der Waals surface area contributed by atoms with E-state index in [1.807, 2.05) is 24.4 Å². The van der Waals surface area contributed by atoms with Gasteiger partial charge in [0.25, 0.3) is 0 Å². The van der Waals surface area contributed by atoms with Crippen molar-refractivity contribution in [3.63, 3.8) is 0 Å². The molecule has 2 aromatic heterocycles. The molecule has 0 amide bonds. The maximum atomic E-state index is 5.87. The summed E-state index contributed by atoms with van der Waals surface area (Å²) < 4.78 is 8.00. The van der Waals surface area contributed by atoms with Crippen LogP contribution in [0.25, 0.3) is 5.65 Å². The topological polar surface area (TPSA) is 41.8 Å². The highest BCUT2D eigenvalue weighted by Gasteiger charge is 2.32. The molecule has 0 unspecified atom stereocenters. The van der Waals surface area contributed by atoms with Gasteiger partial charge in [0.05, 0.1) is 24.6 Å². The summed E-state index contributed by atoms with van der Waals surface area (Å²) in [5.74, 6) is 0. The average Bonchev–Trinajstić information content (AvgIpc) is 3.30. The van der Waals surface area contributed by atoms with Gasteiger partial charge in [-0.1, -0.05) is 6.07 Å². The monoisotopic (exact) mass is 286 g/mol. The van der Waals surface area contributed by atoms with Crippen LogP contribution in [0, 0.1) is 0 Å². The van der Waals surface area contributed by atoms with Crippen LogP contribution in [0.5, 0.6) is 0 Å². The molecule has 0 bridgehead atoms. The summed E-state index contributed by atoms with van der Waals surface area (Å²) in [5.41, 5.74) is 2.20. The lowest BCUT2D eigenvalue weighted by molar-refractivity contribution is -0.0301. The number of hydrogen-bond donors (Lipinski definition) is 1. The molecule has 5 heteroatoms. The Balaban J connectivity index is 1.30. The maximum absolute atomic E-state index is 5.87. The molecule has 1 saturated heterocycles. The Morgan fingerprint density at radius 3 is 3.19 bits per heavy atom. The van der Waals surface area contributed by atoms with Crippen LogP contribution in [0.2, 0.25) is 0 Å². The number of nitrogens with one attached hydrogen (secondary N) is 1. The zero-order chi connectivity index (χ0) is 14.1. The highest BCUT2D eigenvalue weighted by atomic mass is 16.5. The van der Waals surface area contributed by atoms with Crippen molar-refractivity contribution in [3.05, 3.63) is 36.3 Å². The van der Waals surface area contributed by atoms with E-state index in [4.69, 9.17) is 4.74 Å². The first-order valence-corrected chi connectivity index (χ1v) is 7.87. The molecule has 21 heavy (non-hydrogen) atoms. The highest BCUT2D eigenvalue weighted by molar-refractivity contribution is 5.39. The largest absolute Gasteiger partial charge is 0.374 e. The number of nitrogens with zero attached hydrogens (tertiary/aromatic N) is 3. The van der Waals surface area contributed by atoms with Crippen LogP contribution in [-0.4, -0.2) is 52.7 Å². The van der Waals surface area contributed by atoms with E-state index in [9.17, 15) is 0 Å². The third-order valence-electron chi connectivity index (χ3n) is 4.41. The first-order valence-electron chi connectivity index (χ1n) is 7.87. The fraction of sp³-hybridized carbons (Fsp3) is 0.562. The molecule has 3 heterocycles. The molecular weight excluding hydrogens is 264 g/mol. The molecule has 1 aliphatic carbocycles. The van der Waals surface area contributed by atoms with E-state index in [0.29, 0.717) is 6.10 Å². The van der Waals surface area contributed by atoms with Crippen molar-refractivity contribution in [1.82, 2.24) is 19.6 Å². The van der Waals surface area contributed by atoms with Crippen molar-refractivity contribution in [3.8, 4) is 0 Å². The van der Waals surface area contributed by atoms with Crippen LogP contribution in [0.15, 0.2) is 30.6 Å². The standard InChI is InChI=1S/C16H22N4O/c1-2-6-20-14(10-18-16(20)3-1)9-17-11-15-12-19(7-8-21-15)13-4-5-13/h1-3,6,10,13,15,17H,4-5,7-9,11-12H2/t15-/m1/s1. The molecule has 0 spiro atoms. The minimum Gasteiger partial charge on any atom is -0.374 e. The molecule has 2 aliphatic rings. The number of imidazole rings is 1. The lowest BCUT2D eigenvalue weighted by Crippen LogP contribution is -2.47. The fourth-order valence-electron chi connectivity index (χ4n) is 3.11. The Kier molecular flexibility index (Phi) is 3.63. The van der Waals surface area contributed by atoms with E-state index < -0.39 is 0 Å². The second-order valence-electron chi connectivity index (χ2n) is 6.03. The van der Waals surface area contributed by atoms with Crippen LogP contribution in [-0.2, 0) is 11.3 Å². The van der Waals surface area contributed by atoms with Crippen molar-refractivity contribution in [2.75, 3.05) is 26.2 Å². The average molecular weight is 286 g/mol. The molecule has 0 radical (unpaired) electrons. The smallest absolute Gasteiger partial charge is 0.136 e. The van der Waals surface area contributed by atoms with Crippen molar-refractivity contribution in [1.29, 1.82) is 0 Å². The zero-order valence-electron chi connectivity index (χ0n) is 12.2. The van der Waals surface area contributed by atoms with Gasteiger partial charge in [0, 0.05) is 38.4 Å². The number of fused-ring (bicyclic) bond motifs is 1. The molecule has 2 aromatic rings.